The minimum Gasteiger partial charge on any atom is -0.480 e. The van der Waals surface area contributed by atoms with Gasteiger partial charge < -0.3 is 15.7 Å². The Morgan fingerprint density at radius 2 is 1.92 bits per heavy atom. The van der Waals surface area contributed by atoms with E-state index in [2.05, 4.69) is 10.6 Å². The molecule has 1 aliphatic carbocycles. The quantitative estimate of drug-likeness (QED) is 0.638. The highest BCUT2D eigenvalue weighted by Gasteiger charge is 2.36. The lowest BCUT2D eigenvalue weighted by molar-refractivity contribution is -0.139. The fourth-order valence-corrected chi connectivity index (χ4v) is 3.03. The number of hydrogen-bond acceptors (Lipinski definition) is 3. The molecule has 0 aliphatic heterocycles. The number of likely N-dealkylation sites (N-methyl/N-ethyl adjacent to an activating group) is 1. The molecule has 1 aromatic rings. The topological polar surface area (TPSA) is 81.7 Å². The zero-order valence-electron chi connectivity index (χ0n) is 14.3. The van der Waals surface area contributed by atoms with Crippen molar-refractivity contribution in [3.05, 3.63) is 34.9 Å². The van der Waals surface area contributed by atoms with Crippen LogP contribution in [0, 0.1) is 0 Å². The summed E-state index contributed by atoms with van der Waals surface area (Å²) < 4.78 is 28.1. The van der Waals surface area contributed by atoms with Crippen molar-refractivity contribution in [3.8, 4) is 0 Å². The van der Waals surface area contributed by atoms with E-state index in [1.165, 1.54) is 24.3 Å². The Balaban J connectivity index is 1.74. The van der Waals surface area contributed by atoms with Crippen LogP contribution in [-0.2, 0) is 10.7 Å². The normalized spacial score (nSPS) is 19.7. The lowest BCUT2D eigenvalue weighted by Crippen LogP contribution is -2.56. The molecule has 1 aromatic carbocycles. The minimum atomic E-state index is -3.20. The van der Waals surface area contributed by atoms with Crippen LogP contribution >= 0.6 is 11.6 Å². The van der Waals surface area contributed by atoms with Crippen LogP contribution in [0.3, 0.4) is 0 Å². The van der Waals surface area contributed by atoms with Crippen LogP contribution in [0.15, 0.2) is 24.3 Å². The third-order valence-corrected chi connectivity index (χ3v) is 4.70. The predicted molar refractivity (Wildman–Crippen MR) is 93.6 cm³/mol. The van der Waals surface area contributed by atoms with Gasteiger partial charge in [-0.25, -0.2) is 4.79 Å². The molecule has 144 valence electrons. The van der Waals surface area contributed by atoms with Crippen molar-refractivity contribution < 1.29 is 23.5 Å². The van der Waals surface area contributed by atoms with Crippen molar-refractivity contribution in [1.29, 1.82) is 0 Å². The molecule has 26 heavy (non-hydrogen) atoms. The van der Waals surface area contributed by atoms with E-state index in [9.17, 15) is 18.4 Å². The molecular formula is C17H22ClF2N3O3. The fraction of sp³-hybridized carbons (Fsp3) is 0.529. The van der Waals surface area contributed by atoms with Gasteiger partial charge in [0.2, 0.25) is 0 Å². The number of hydrogen-bond donors (Lipinski definition) is 3. The second-order valence-corrected chi connectivity index (χ2v) is 6.75. The summed E-state index contributed by atoms with van der Waals surface area (Å²) >= 11 is 5.68. The van der Waals surface area contributed by atoms with Gasteiger partial charge in [-0.3, -0.25) is 9.69 Å². The molecule has 0 unspecified atom stereocenters. The molecule has 0 spiro atoms. The number of nitrogens with zero attached hydrogens (tertiary/aromatic N) is 1. The highest BCUT2D eigenvalue weighted by molar-refractivity contribution is 6.30. The summed E-state index contributed by atoms with van der Waals surface area (Å²) in [5.41, 5.74) is -0.224. The van der Waals surface area contributed by atoms with E-state index in [4.69, 9.17) is 16.7 Å². The van der Waals surface area contributed by atoms with Crippen molar-refractivity contribution >= 4 is 23.6 Å². The minimum absolute atomic E-state index is 0.0482. The second kappa shape index (κ2) is 8.64. The number of rotatable bonds is 8. The van der Waals surface area contributed by atoms with Crippen LogP contribution in [0.5, 0.6) is 0 Å². The predicted octanol–water partition coefficient (Wildman–Crippen LogP) is 2.67. The molecule has 0 saturated heterocycles. The number of benzene rings is 1. The van der Waals surface area contributed by atoms with Gasteiger partial charge >= 0.3 is 12.0 Å². The molecule has 2 amide bonds. The molecule has 1 saturated carbocycles. The van der Waals surface area contributed by atoms with Gasteiger partial charge in [-0.2, -0.15) is 8.78 Å². The van der Waals surface area contributed by atoms with E-state index in [1.54, 1.807) is 0 Å². The van der Waals surface area contributed by atoms with Gasteiger partial charge in [0.25, 0.3) is 5.92 Å². The molecule has 0 atom stereocenters. The maximum Gasteiger partial charge on any atom is 0.317 e. The lowest BCUT2D eigenvalue weighted by atomic mass is 9.85. The zero-order chi connectivity index (χ0) is 19.3. The summed E-state index contributed by atoms with van der Waals surface area (Å²) in [4.78, 5) is 24.4. The third kappa shape index (κ3) is 5.54. The molecular weight excluding hydrogens is 368 g/mol. The molecule has 0 bridgehead atoms. The Hall–Kier alpha value is -1.93. The van der Waals surface area contributed by atoms with Gasteiger partial charge in [-0.15, -0.1) is 0 Å². The van der Waals surface area contributed by atoms with Crippen molar-refractivity contribution in [2.45, 2.75) is 37.8 Å². The molecule has 1 aliphatic rings. The lowest BCUT2D eigenvalue weighted by Gasteiger charge is -2.42. The number of carbonyl (C=O) groups is 2. The summed E-state index contributed by atoms with van der Waals surface area (Å²) in [6.45, 7) is 1.60. The van der Waals surface area contributed by atoms with Crippen LogP contribution in [-0.4, -0.2) is 53.7 Å². The van der Waals surface area contributed by atoms with Gasteiger partial charge in [-0.1, -0.05) is 30.7 Å². The van der Waals surface area contributed by atoms with Crippen LogP contribution in [0.1, 0.15) is 25.3 Å². The van der Waals surface area contributed by atoms with Gasteiger partial charge in [0.05, 0.1) is 13.1 Å². The first-order valence-electron chi connectivity index (χ1n) is 8.35. The molecule has 0 aromatic heterocycles. The number of aliphatic carboxylic acids is 1. The van der Waals surface area contributed by atoms with E-state index >= 15 is 0 Å². The van der Waals surface area contributed by atoms with Crippen LogP contribution in [0.2, 0.25) is 5.02 Å². The Morgan fingerprint density at radius 3 is 2.46 bits per heavy atom. The maximum absolute atomic E-state index is 14.1. The van der Waals surface area contributed by atoms with Gasteiger partial charge in [0, 0.05) is 22.7 Å². The second-order valence-electron chi connectivity index (χ2n) is 6.32. The summed E-state index contributed by atoms with van der Waals surface area (Å²) in [6.07, 6.45) is 1.20. The number of halogens is 3. The standard InChI is InChI=1S/C17H22ClF2N3O3/c1-2-23(9-15(24)25)14-7-13(8-14)22-16(26)21-10-17(19,20)11-3-5-12(18)6-4-11/h3-6,13-14H,2,7-10H2,1H3,(H,24,25)(H2,21,22,26). The van der Waals surface area contributed by atoms with Crippen LogP contribution in [0.4, 0.5) is 13.6 Å². The number of carboxylic acid groups (broad SMARTS) is 1. The average molecular weight is 390 g/mol. The van der Waals surface area contributed by atoms with E-state index in [1.807, 2.05) is 11.8 Å². The Morgan fingerprint density at radius 1 is 1.31 bits per heavy atom. The van der Waals surface area contributed by atoms with E-state index in [-0.39, 0.29) is 24.2 Å². The van der Waals surface area contributed by atoms with Crippen LogP contribution < -0.4 is 10.6 Å². The first-order valence-corrected chi connectivity index (χ1v) is 8.73. The molecule has 9 heteroatoms. The summed E-state index contributed by atoms with van der Waals surface area (Å²) in [5.74, 6) is -4.10. The highest BCUT2D eigenvalue weighted by Crippen LogP contribution is 2.28. The Bertz CT molecular complexity index is 637. The van der Waals surface area contributed by atoms with Gasteiger partial charge in [0.15, 0.2) is 0 Å². The van der Waals surface area contributed by atoms with E-state index < -0.39 is 24.5 Å². The number of nitrogens with one attached hydrogen (secondary N) is 2. The number of amides is 2. The summed E-state index contributed by atoms with van der Waals surface area (Å²) in [7, 11) is 0. The summed E-state index contributed by atoms with van der Waals surface area (Å²) in [5, 5.41) is 14.0. The molecule has 3 N–H and O–H groups in total. The largest absolute Gasteiger partial charge is 0.480 e. The molecule has 6 nitrogen and oxygen atoms in total. The maximum atomic E-state index is 14.1. The van der Waals surface area contributed by atoms with Gasteiger partial charge in [0.1, 0.15) is 0 Å². The molecule has 0 heterocycles. The monoisotopic (exact) mass is 389 g/mol. The van der Waals surface area contributed by atoms with Crippen molar-refractivity contribution in [2.24, 2.45) is 0 Å². The highest BCUT2D eigenvalue weighted by atomic mass is 35.5. The zero-order valence-corrected chi connectivity index (χ0v) is 15.1. The van der Waals surface area contributed by atoms with E-state index in [0.717, 1.165) is 0 Å². The number of carbonyl (C=O) groups excluding carboxylic acids is 1. The van der Waals surface area contributed by atoms with Crippen molar-refractivity contribution in [2.75, 3.05) is 19.6 Å². The fourth-order valence-electron chi connectivity index (χ4n) is 2.90. The average Bonchev–Trinajstić information content (AvgIpc) is 2.54. The van der Waals surface area contributed by atoms with Crippen molar-refractivity contribution in [1.82, 2.24) is 15.5 Å². The number of carboxylic acids is 1. The number of alkyl halides is 2. The molecule has 0 radical (unpaired) electrons. The number of urea groups is 1. The third-order valence-electron chi connectivity index (χ3n) is 4.45. The van der Waals surface area contributed by atoms with Crippen LogP contribution in [0.25, 0.3) is 0 Å². The Labute approximate surface area is 155 Å². The first-order chi connectivity index (χ1) is 12.2. The SMILES string of the molecule is CCN(CC(=O)O)C1CC(NC(=O)NCC(F)(F)c2ccc(Cl)cc2)C1. The summed E-state index contributed by atoms with van der Waals surface area (Å²) in [6, 6.07) is 4.46. The van der Waals surface area contributed by atoms with E-state index in [0.29, 0.717) is 24.4 Å². The Kier molecular flexibility index (Phi) is 6.77. The first kappa shape index (κ1) is 20.4. The molecule has 2 rings (SSSR count). The van der Waals surface area contributed by atoms with Crippen molar-refractivity contribution in [3.63, 3.8) is 0 Å². The smallest absolute Gasteiger partial charge is 0.317 e. The molecule has 1 fully saturated rings. The van der Waals surface area contributed by atoms with Gasteiger partial charge in [-0.05, 0) is 31.5 Å².